The molecular formula is C13H21NO4S. The summed E-state index contributed by atoms with van der Waals surface area (Å²) >= 11 is 0. The van der Waals surface area contributed by atoms with Crippen molar-refractivity contribution in [1.29, 1.82) is 0 Å². The van der Waals surface area contributed by atoms with Crippen LogP contribution in [0.5, 0.6) is 11.5 Å². The van der Waals surface area contributed by atoms with E-state index >= 15 is 0 Å². The first-order chi connectivity index (χ1) is 8.93. The van der Waals surface area contributed by atoms with Crippen LogP contribution in [0.2, 0.25) is 0 Å². The largest absolute Gasteiger partial charge is 0.493 e. The van der Waals surface area contributed by atoms with Gasteiger partial charge in [-0.2, -0.15) is 0 Å². The molecule has 0 fully saturated rings. The lowest BCUT2D eigenvalue weighted by molar-refractivity contribution is 0.354. The van der Waals surface area contributed by atoms with Crippen molar-refractivity contribution in [3.63, 3.8) is 0 Å². The van der Waals surface area contributed by atoms with E-state index in [0.29, 0.717) is 17.9 Å². The van der Waals surface area contributed by atoms with Crippen LogP contribution in [0.4, 0.5) is 0 Å². The second-order valence-corrected chi connectivity index (χ2v) is 6.15. The Labute approximate surface area is 115 Å². The van der Waals surface area contributed by atoms with Gasteiger partial charge in [-0.3, -0.25) is 0 Å². The summed E-state index contributed by atoms with van der Waals surface area (Å²) in [5, 5.41) is 0. The highest BCUT2D eigenvalue weighted by Crippen LogP contribution is 2.30. The molecule has 0 heterocycles. The molecule has 0 bridgehead atoms. The molecule has 0 aliphatic heterocycles. The number of ether oxygens (including phenoxy) is 2. The molecule has 5 nitrogen and oxygen atoms in total. The van der Waals surface area contributed by atoms with Crippen molar-refractivity contribution in [3.8, 4) is 11.5 Å². The minimum Gasteiger partial charge on any atom is -0.493 e. The minimum atomic E-state index is -3.24. The van der Waals surface area contributed by atoms with Gasteiger partial charge < -0.3 is 9.47 Å². The monoisotopic (exact) mass is 287 g/mol. The van der Waals surface area contributed by atoms with Crippen LogP contribution in [0, 0.1) is 0 Å². The lowest BCUT2D eigenvalue weighted by atomic mass is 10.1. The number of hydrogen-bond acceptors (Lipinski definition) is 4. The van der Waals surface area contributed by atoms with Crippen molar-refractivity contribution < 1.29 is 17.9 Å². The Morgan fingerprint density at radius 3 is 2.37 bits per heavy atom. The van der Waals surface area contributed by atoms with Crippen molar-refractivity contribution in [2.45, 2.75) is 26.3 Å². The zero-order valence-electron chi connectivity index (χ0n) is 11.8. The zero-order chi connectivity index (χ0) is 14.5. The molecule has 6 heteroatoms. The van der Waals surface area contributed by atoms with Crippen molar-refractivity contribution in [1.82, 2.24) is 4.72 Å². The average Bonchev–Trinajstić information content (AvgIpc) is 2.37. The predicted molar refractivity (Wildman–Crippen MR) is 75.2 cm³/mol. The van der Waals surface area contributed by atoms with E-state index in [1.165, 1.54) is 0 Å². The number of sulfonamides is 1. The van der Waals surface area contributed by atoms with Gasteiger partial charge in [-0.15, -0.1) is 0 Å². The Kier molecular flexibility index (Phi) is 5.62. The maximum absolute atomic E-state index is 11.7. The third kappa shape index (κ3) is 4.40. The van der Waals surface area contributed by atoms with Crippen LogP contribution in [-0.4, -0.2) is 28.4 Å². The number of methoxy groups -OCH3 is 2. The molecule has 1 unspecified atom stereocenters. The minimum absolute atomic E-state index is 0.130. The Morgan fingerprint density at radius 2 is 1.84 bits per heavy atom. The summed E-state index contributed by atoms with van der Waals surface area (Å²) in [5.74, 6) is 1.33. The van der Waals surface area contributed by atoms with E-state index in [9.17, 15) is 8.42 Å². The van der Waals surface area contributed by atoms with Gasteiger partial charge in [0.25, 0.3) is 0 Å². The number of benzene rings is 1. The van der Waals surface area contributed by atoms with E-state index in [2.05, 4.69) is 4.72 Å². The Bertz CT molecular complexity index is 513. The van der Waals surface area contributed by atoms with Crippen molar-refractivity contribution in [2.75, 3.05) is 20.0 Å². The molecule has 1 atom stereocenters. The molecule has 108 valence electrons. The zero-order valence-corrected chi connectivity index (χ0v) is 12.6. The second-order valence-electron chi connectivity index (χ2n) is 4.27. The quantitative estimate of drug-likeness (QED) is 0.834. The van der Waals surface area contributed by atoms with Gasteiger partial charge in [0.05, 0.1) is 20.0 Å². The first-order valence-corrected chi connectivity index (χ1v) is 7.80. The maximum Gasteiger partial charge on any atom is 0.212 e. The van der Waals surface area contributed by atoms with Gasteiger partial charge in [-0.1, -0.05) is 13.0 Å². The Balaban J connectivity index is 2.91. The SMILES string of the molecule is CCCS(=O)(=O)NC(C)c1ccc(OC)c(OC)c1. The fourth-order valence-corrected chi connectivity index (χ4v) is 3.12. The number of nitrogens with one attached hydrogen (secondary N) is 1. The molecule has 0 radical (unpaired) electrons. The summed E-state index contributed by atoms with van der Waals surface area (Å²) in [7, 11) is -0.127. The van der Waals surface area contributed by atoms with Gasteiger partial charge >= 0.3 is 0 Å². The third-order valence-corrected chi connectivity index (χ3v) is 4.40. The van der Waals surface area contributed by atoms with Crippen LogP contribution in [0.3, 0.4) is 0 Å². The van der Waals surface area contributed by atoms with Gasteiger partial charge in [-0.05, 0) is 31.0 Å². The van der Waals surface area contributed by atoms with Crippen LogP contribution >= 0.6 is 0 Å². The predicted octanol–water partition coefficient (Wildman–Crippen LogP) is 2.09. The second kappa shape index (κ2) is 6.77. The van der Waals surface area contributed by atoms with Gasteiger partial charge in [0.15, 0.2) is 11.5 Å². The third-order valence-electron chi connectivity index (χ3n) is 2.74. The van der Waals surface area contributed by atoms with E-state index in [-0.39, 0.29) is 11.8 Å². The fourth-order valence-electron chi connectivity index (χ4n) is 1.79. The topological polar surface area (TPSA) is 64.6 Å². The van der Waals surface area contributed by atoms with Crippen LogP contribution < -0.4 is 14.2 Å². The summed E-state index contributed by atoms with van der Waals surface area (Å²) in [6, 6.07) is 5.05. The lowest BCUT2D eigenvalue weighted by Crippen LogP contribution is -2.28. The van der Waals surface area contributed by atoms with E-state index in [1.807, 2.05) is 13.0 Å². The molecule has 0 aliphatic carbocycles. The summed E-state index contributed by atoms with van der Waals surface area (Å²) in [4.78, 5) is 0. The fraction of sp³-hybridized carbons (Fsp3) is 0.538. The van der Waals surface area contributed by atoms with Gasteiger partial charge in [0.2, 0.25) is 10.0 Å². The summed E-state index contributed by atoms with van der Waals surface area (Å²) in [6.07, 6.45) is 0.591. The molecule has 0 aliphatic rings. The number of rotatable bonds is 7. The molecular weight excluding hydrogens is 266 g/mol. The lowest BCUT2D eigenvalue weighted by Gasteiger charge is -2.16. The van der Waals surface area contributed by atoms with E-state index < -0.39 is 10.0 Å². The molecule has 1 aromatic carbocycles. The average molecular weight is 287 g/mol. The number of hydrogen-bond donors (Lipinski definition) is 1. The molecule has 0 aromatic heterocycles. The van der Waals surface area contributed by atoms with Crippen LogP contribution in [0.1, 0.15) is 31.9 Å². The van der Waals surface area contributed by atoms with Crippen molar-refractivity contribution in [3.05, 3.63) is 23.8 Å². The van der Waals surface area contributed by atoms with Crippen molar-refractivity contribution >= 4 is 10.0 Å². The molecule has 0 saturated heterocycles. The standard InChI is InChI=1S/C13H21NO4S/c1-5-8-19(15,16)14-10(2)11-6-7-12(17-3)13(9-11)18-4/h6-7,9-10,14H,5,8H2,1-4H3. The highest BCUT2D eigenvalue weighted by atomic mass is 32.2. The van der Waals surface area contributed by atoms with E-state index in [0.717, 1.165) is 5.56 Å². The molecule has 1 rings (SSSR count). The summed E-state index contributed by atoms with van der Waals surface area (Å²) in [6.45, 7) is 3.63. The van der Waals surface area contributed by atoms with Gasteiger partial charge in [0, 0.05) is 6.04 Å². The first-order valence-electron chi connectivity index (χ1n) is 6.15. The van der Waals surface area contributed by atoms with E-state index in [4.69, 9.17) is 9.47 Å². The molecule has 1 N–H and O–H groups in total. The smallest absolute Gasteiger partial charge is 0.212 e. The highest BCUT2D eigenvalue weighted by Gasteiger charge is 2.16. The molecule has 19 heavy (non-hydrogen) atoms. The Morgan fingerprint density at radius 1 is 1.21 bits per heavy atom. The molecule has 1 aromatic rings. The molecule has 0 spiro atoms. The summed E-state index contributed by atoms with van der Waals surface area (Å²) in [5.41, 5.74) is 0.831. The van der Waals surface area contributed by atoms with Crippen molar-refractivity contribution in [2.24, 2.45) is 0 Å². The summed E-state index contributed by atoms with van der Waals surface area (Å²) < 4.78 is 36.4. The first kappa shape index (κ1) is 15.8. The normalized spacial score (nSPS) is 13.1. The highest BCUT2D eigenvalue weighted by molar-refractivity contribution is 7.89. The van der Waals surface area contributed by atoms with Crippen LogP contribution in [0.15, 0.2) is 18.2 Å². The molecule has 0 saturated carbocycles. The molecule has 0 amide bonds. The van der Waals surface area contributed by atoms with Gasteiger partial charge in [-0.25, -0.2) is 13.1 Å². The van der Waals surface area contributed by atoms with Crippen LogP contribution in [0.25, 0.3) is 0 Å². The Hall–Kier alpha value is -1.27. The van der Waals surface area contributed by atoms with Crippen LogP contribution in [-0.2, 0) is 10.0 Å². The van der Waals surface area contributed by atoms with E-state index in [1.54, 1.807) is 33.3 Å². The maximum atomic E-state index is 11.7. The van der Waals surface area contributed by atoms with Gasteiger partial charge in [0.1, 0.15) is 0 Å².